The van der Waals surface area contributed by atoms with Crippen LogP contribution in [0.4, 0.5) is 0 Å². The van der Waals surface area contributed by atoms with Gasteiger partial charge in [0.25, 0.3) is 0 Å². The molecule has 0 atom stereocenters. The van der Waals surface area contributed by atoms with E-state index in [1.54, 1.807) is 12.5 Å². The smallest absolute Gasteiger partial charge is 0.191 e. The Morgan fingerprint density at radius 1 is 1.21 bits per heavy atom. The maximum absolute atomic E-state index is 5.53. The van der Waals surface area contributed by atoms with Gasteiger partial charge < -0.3 is 10.5 Å². The van der Waals surface area contributed by atoms with Gasteiger partial charge in [-0.3, -0.25) is 0 Å². The van der Waals surface area contributed by atoms with Gasteiger partial charge >= 0.3 is 0 Å². The summed E-state index contributed by atoms with van der Waals surface area (Å²) in [5.41, 5.74) is 9.09. The molecule has 0 aromatic heterocycles. The maximum Gasteiger partial charge on any atom is 0.191 e. The van der Waals surface area contributed by atoms with Crippen molar-refractivity contribution in [1.82, 2.24) is 0 Å². The lowest BCUT2D eigenvalue weighted by Gasteiger charge is -2.08. The number of hydrogen-bond acceptors (Lipinski definition) is 2. The summed E-state index contributed by atoms with van der Waals surface area (Å²) in [5, 5.41) is 0. The predicted octanol–water partition coefficient (Wildman–Crippen LogP) is 1.38. The maximum atomic E-state index is 5.53. The molecule has 2 nitrogen and oxygen atoms in total. The molecule has 0 bridgehead atoms. The molecule has 1 aromatic rings. The SMILES string of the molecule is NCc1ccc(C2=COC=CB2)cc1. The zero-order chi connectivity index (χ0) is 9.80. The monoisotopic (exact) mass is 185 g/mol. The van der Waals surface area contributed by atoms with E-state index in [-0.39, 0.29) is 0 Å². The van der Waals surface area contributed by atoms with E-state index < -0.39 is 0 Å². The third-order valence-corrected chi connectivity index (χ3v) is 2.28. The van der Waals surface area contributed by atoms with Gasteiger partial charge in [-0.1, -0.05) is 30.2 Å². The molecule has 3 heteroatoms. The molecule has 0 saturated carbocycles. The first-order valence-corrected chi connectivity index (χ1v) is 4.69. The molecular weight excluding hydrogens is 173 g/mol. The highest BCUT2D eigenvalue weighted by Crippen LogP contribution is 2.16. The summed E-state index contributed by atoms with van der Waals surface area (Å²) in [6, 6.07) is 8.26. The molecule has 2 rings (SSSR count). The Morgan fingerprint density at radius 2 is 2.00 bits per heavy atom. The van der Waals surface area contributed by atoms with E-state index in [0.717, 1.165) is 12.8 Å². The molecule has 1 aliphatic rings. The Morgan fingerprint density at radius 3 is 2.57 bits per heavy atom. The van der Waals surface area contributed by atoms with Crippen LogP contribution in [0.5, 0.6) is 0 Å². The third-order valence-electron chi connectivity index (χ3n) is 2.28. The largest absolute Gasteiger partial charge is 0.474 e. The number of hydrogen-bond donors (Lipinski definition) is 1. The van der Waals surface area contributed by atoms with E-state index in [4.69, 9.17) is 10.5 Å². The van der Waals surface area contributed by atoms with Gasteiger partial charge in [0, 0.05) is 6.54 Å². The highest BCUT2D eigenvalue weighted by molar-refractivity contribution is 6.65. The van der Waals surface area contributed by atoms with Gasteiger partial charge in [-0.2, -0.15) is 0 Å². The van der Waals surface area contributed by atoms with Crippen LogP contribution < -0.4 is 5.73 Å². The summed E-state index contributed by atoms with van der Waals surface area (Å²) in [6.07, 6.45) is 3.50. The second-order valence-corrected chi connectivity index (χ2v) is 3.26. The average Bonchev–Trinajstić information content (AvgIpc) is 2.30. The molecule has 14 heavy (non-hydrogen) atoms. The molecule has 1 aliphatic heterocycles. The molecule has 0 radical (unpaired) electrons. The van der Waals surface area contributed by atoms with E-state index in [1.165, 1.54) is 11.0 Å². The predicted molar refractivity (Wildman–Crippen MR) is 59.7 cm³/mol. The normalized spacial score (nSPS) is 14.2. The van der Waals surface area contributed by atoms with Gasteiger partial charge in [-0.25, -0.2) is 0 Å². The van der Waals surface area contributed by atoms with E-state index in [2.05, 4.69) is 24.3 Å². The molecule has 0 unspecified atom stereocenters. The minimum Gasteiger partial charge on any atom is -0.474 e. The van der Waals surface area contributed by atoms with Crippen molar-refractivity contribution >= 4 is 12.8 Å². The molecule has 0 saturated heterocycles. The van der Waals surface area contributed by atoms with E-state index >= 15 is 0 Å². The van der Waals surface area contributed by atoms with E-state index in [1.807, 2.05) is 5.98 Å². The second kappa shape index (κ2) is 4.16. The van der Waals surface area contributed by atoms with Gasteiger partial charge in [0.2, 0.25) is 0 Å². The zero-order valence-electron chi connectivity index (χ0n) is 7.94. The van der Waals surface area contributed by atoms with E-state index in [0.29, 0.717) is 6.54 Å². The molecule has 0 spiro atoms. The van der Waals surface area contributed by atoms with Crippen molar-refractivity contribution in [3.63, 3.8) is 0 Å². The van der Waals surface area contributed by atoms with Gasteiger partial charge in [0.05, 0.1) is 12.5 Å². The Hall–Kier alpha value is -1.48. The average molecular weight is 185 g/mol. The lowest BCUT2D eigenvalue weighted by molar-refractivity contribution is 0.405. The number of nitrogens with two attached hydrogens (primary N) is 1. The van der Waals surface area contributed by atoms with Gasteiger partial charge in [0.1, 0.15) is 0 Å². The van der Waals surface area contributed by atoms with Crippen LogP contribution in [0, 0.1) is 0 Å². The van der Waals surface area contributed by atoms with Crippen LogP contribution in [-0.4, -0.2) is 7.28 Å². The highest BCUT2D eigenvalue weighted by Gasteiger charge is 2.04. The fourth-order valence-corrected chi connectivity index (χ4v) is 1.44. The lowest BCUT2D eigenvalue weighted by atomic mass is 9.67. The van der Waals surface area contributed by atoms with Crippen LogP contribution in [-0.2, 0) is 11.3 Å². The van der Waals surface area contributed by atoms with E-state index in [9.17, 15) is 0 Å². The molecular formula is C11H12BNO. The van der Waals surface area contributed by atoms with Crippen LogP contribution >= 0.6 is 0 Å². The first-order valence-electron chi connectivity index (χ1n) is 4.69. The molecule has 0 aliphatic carbocycles. The third kappa shape index (κ3) is 1.88. The van der Waals surface area contributed by atoms with Crippen LogP contribution in [0.25, 0.3) is 5.47 Å². The summed E-state index contributed by atoms with van der Waals surface area (Å²) < 4.78 is 5.13. The Balaban J connectivity index is 2.20. The topological polar surface area (TPSA) is 35.2 Å². The van der Waals surface area contributed by atoms with Crippen LogP contribution in [0.1, 0.15) is 11.1 Å². The minimum atomic E-state index is 0.593. The Kier molecular flexibility index (Phi) is 2.70. The van der Waals surface area contributed by atoms with Crippen molar-refractivity contribution in [3.05, 3.63) is 53.9 Å². The summed E-state index contributed by atoms with van der Waals surface area (Å²) in [5.74, 6) is 2.01. The molecule has 70 valence electrons. The second-order valence-electron chi connectivity index (χ2n) is 3.26. The number of rotatable bonds is 2. The van der Waals surface area contributed by atoms with Crippen molar-refractivity contribution in [2.75, 3.05) is 0 Å². The Labute approximate surface area is 84.3 Å². The molecule has 0 amide bonds. The lowest BCUT2D eigenvalue weighted by Crippen LogP contribution is -1.99. The van der Waals surface area contributed by atoms with Gasteiger partial charge in [-0.15, -0.1) is 0 Å². The summed E-state index contributed by atoms with van der Waals surface area (Å²) >= 11 is 0. The summed E-state index contributed by atoms with van der Waals surface area (Å²) in [4.78, 5) is 0. The highest BCUT2D eigenvalue weighted by atomic mass is 16.5. The fourth-order valence-electron chi connectivity index (χ4n) is 1.44. The molecule has 0 fully saturated rings. The molecule has 2 N–H and O–H groups in total. The van der Waals surface area contributed by atoms with Crippen molar-refractivity contribution in [2.45, 2.75) is 6.54 Å². The molecule has 1 heterocycles. The van der Waals surface area contributed by atoms with Crippen molar-refractivity contribution < 1.29 is 4.74 Å². The zero-order valence-corrected chi connectivity index (χ0v) is 7.94. The first kappa shape index (κ1) is 9.09. The van der Waals surface area contributed by atoms with Crippen molar-refractivity contribution in [2.24, 2.45) is 5.73 Å². The first-order chi connectivity index (χ1) is 6.90. The van der Waals surface area contributed by atoms with Crippen molar-refractivity contribution in [1.29, 1.82) is 0 Å². The van der Waals surface area contributed by atoms with Crippen molar-refractivity contribution in [3.8, 4) is 0 Å². The Bertz CT molecular complexity index is 367. The van der Waals surface area contributed by atoms with Crippen LogP contribution in [0.2, 0.25) is 0 Å². The summed E-state index contributed by atoms with van der Waals surface area (Å²) in [6.45, 7) is 0.593. The standard InChI is InChI=1S/C11H12BNO/c13-7-9-1-3-10(4-2-9)11-8-14-6-5-12-11/h1-6,8,12H,7,13H2. The quantitative estimate of drug-likeness (QED) is 0.706. The van der Waals surface area contributed by atoms with Crippen LogP contribution in [0.15, 0.2) is 42.8 Å². The van der Waals surface area contributed by atoms with Gasteiger partial charge in [-0.05, 0) is 16.6 Å². The fraction of sp³-hybridized carbons (Fsp3) is 0.0909. The van der Waals surface area contributed by atoms with Gasteiger partial charge in [0.15, 0.2) is 7.28 Å². The minimum absolute atomic E-state index is 0.593. The molecule has 1 aromatic carbocycles. The number of benzene rings is 1. The van der Waals surface area contributed by atoms with Crippen LogP contribution in [0.3, 0.4) is 0 Å². The number of ether oxygens (including phenoxy) is 1. The summed E-state index contributed by atoms with van der Waals surface area (Å²) in [7, 11) is 0.933.